The van der Waals surface area contributed by atoms with Crippen LogP contribution in [0.4, 0.5) is 16.4 Å². The summed E-state index contributed by atoms with van der Waals surface area (Å²) in [5, 5.41) is 2.62. The second-order valence-electron chi connectivity index (χ2n) is 5.66. The first kappa shape index (κ1) is 12.4. The second kappa shape index (κ2) is 4.08. The van der Waals surface area contributed by atoms with Crippen LogP contribution in [0.2, 0.25) is 0 Å². The van der Waals surface area contributed by atoms with Gasteiger partial charge in [-0.05, 0) is 12.1 Å². The van der Waals surface area contributed by atoms with E-state index in [9.17, 15) is 9.59 Å². The first-order chi connectivity index (χ1) is 10.0. The number of hydrogen-bond donors (Lipinski definition) is 2. The lowest BCUT2D eigenvalue weighted by molar-refractivity contribution is -0.118. The van der Waals surface area contributed by atoms with Crippen LogP contribution < -0.4 is 20.7 Å². The highest BCUT2D eigenvalue weighted by atomic mass is 16.6. The molecule has 2 fully saturated rings. The van der Waals surface area contributed by atoms with Crippen LogP contribution in [-0.2, 0) is 9.53 Å². The van der Waals surface area contributed by atoms with Gasteiger partial charge in [0.2, 0.25) is 0 Å². The average Bonchev–Trinajstić information content (AvgIpc) is 2.75. The number of carbonyl (C=O) groups is 2. The molecule has 1 saturated carbocycles. The molecule has 2 amide bonds. The number of rotatable bonds is 1. The second-order valence-corrected chi connectivity index (χ2v) is 5.66. The van der Waals surface area contributed by atoms with Crippen molar-refractivity contribution in [3.63, 3.8) is 0 Å². The van der Waals surface area contributed by atoms with E-state index in [0.29, 0.717) is 36.8 Å². The highest BCUT2D eigenvalue weighted by molar-refractivity contribution is 5.95. The van der Waals surface area contributed by atoms with E-state index in [2.05, 4.69) is 10.3 Å². The van der Waals surface area contributed by atoms with Crippen LogP contribution in [0.3, 0.4) is 0 Å². The maximum absolute atomic E-state index is 12.0. The van der Waals surface area contributed by atoms with E-state index in [1.807, 2.05) is 0 Å². The zero-order valence-corrected chi connectivity index (χ0v) is 11.2. The minimum absolute atomic E-state index is 0.0270. The summed E-state index contributed by atoms with van der Waals surface area (Å²) in [5.74, 6) is 0.980. The van der Waals surface area contributed by atoms with Crippen LogP contribution in [0.5, 0.6) is 5.75 Å². The molecule has 8 heteroatoms. The number of aromatic nitrogens is 1. The largest absolute Gasteiger partial charge is 0.480 e. The summed E-state index contributed by atoms with van der Waals surface area (Å²) < 4.78 is 10.7. The summed E-state index contributed by atoms with van der Waals surface area (Å²) in [4.78, 5) is 29.1. The smallest absolute Gasteiger partial charge is 0.416 e. The number of fused-ring (bicyclic) bond motifs is 1. The number of hydrogen-bond acceptors (Lipinski definition) is 6. The predicted molar refractivity (Wildman–Crippen MR) is 72.1 cm³/mol. The molecule has 110 valence electrons. The third kappa shape index (κ3) is 1.90. The summed E-state index contributed by atoms with van der Waals surface area (Å²) in [5.41, 5.74) is 5.30. The van der Waals surface area contributed by atoms with E-state index in [1.165, 1.54) is 4.90 Å². The fraction of sp³-hybridized carbons (Fsp3) is 0.462. The van der Waals surface area contributed by atoms with Gasteiger partial charge in [-0.2, -0.15) is 0 Å². The Bertz CT molecular complexity index is 641. The molecule has 0 bridgehead atoms. The van der Waals surface area contributed by atoms with Crippen molar-refractivity contribution in [2.24, 2.45) is 5.73 Å². The van der Waals surface area contributed by atoms with Gasteiger partial charge in [-0.25, -0.2) is 9.78 Å². The number of nitrogens with zero attached hydrogens (tertiary/aromatic N) is 2. The molecule has 1 saturated heterocycles. The van der Waals surface area contributed by atoms with E-state index in [-0.39, 0.29) is 18.6 Å². The van der Waals surface area contributed by atoms with Gasteiger partial charge in [0.15, 0.2) is 18.2 Å². The standard InChI is InChI=1S/C13H14N4O4/c14-7-3-13(4-7)6-17(12(19)21-13)9-2-1-8-11(15-9)16-10(18)5-20-8/h1-2,7H,3-6,14H2,(H,15,16,18). The van der Waals surface area contributed by atoms with Crippen LogP contribution >= 0.6 is 0 Å². The first-order valence-electron chi connectivity index (χ1n) is 6.74. The molecule has 1 spiro atoms. The number of carbonyl (C=O) groups excluding carboxylic acids is 2. The number of nitrogens with one attached hydrogen (secondary N) is 1. The van der Waals surface area contributed by atoms with Crippen molar-refractivity contribution >= 4 is 23.6 Å². The predicted octanol–water partition coefficient (Wildman–Crippen LogP) is 0.229. The summed E-state index contributed by atoms with van der Waals surface area (Å²) in [6.45, 7) is 0.404. The van der Waals surface area contributed by atoms with Gasteiger partial charge in [0.25, 0.3) is 5.91 Å². The van der Waals surface area contributed by atoms with Crippen LogP contribution in [0.15, 0.2) is 12.1 Å². The SMILES string of the molecule is NC1CC2(C1)CN(c1ccc3c(n1)NC(=O)CO3)C(=O)O2. The molecular formula is C13H14N4O4. The number of amides is 2. The van der Waals surface area contributed by atoms with Gasteiger partial charge in [-0.1, -0.05) is 0 Å². The Balaban J connectivity index is 1.61. The summed E-state index contributed by atoms with van der Waals surface area (Å²) in [6.07, 6.45) is 0.900. The first-order valence-corrected chi connectivity index (χ1v) is 6.74. The van der Waals surface area contributed by atoms with E-state index >= 15 is 0 Å². The van der Waals surface area contributed by atoms with Crippen molar-refractivity contribution in [1.82, 2.24) is 4.98 Å². The van der Waals surface area contributed by atoms with Crippen molar-refractivity contribution in [1.29, 1.82) is 0 Å². The van der Waals surface area contributed by atoms with Crippen molar-refractivity contribution in [2.45, 2.75) is 24.5 Å². The molecular weight excluding hydrogens is 276 g/mol. The molecule has 3 N–H and O–H groups in total. The Morgan fingerprint density at radius 1 is 1.38 bits per heavy atom. The third-order valence-corrected chi connectivity index (χ3v) is 3.98. The molecule has 4 rings (SSSR count). The van der Waals surface area contributed by atoms with E-state index < -0.39 is 11.7 Å². The lowest BCUT2D eigenvalue weighted by atomic mass is 9.76. The molecule has 2 aliphatic heterocycles. The highest BCUT2D eigenvalue weighted by Crippen LogP contribution is 2.41. The lowest BCUT2D eigenvalue weighted by Crippen LogP contribution is -2.54. The van der Waals surface area contributed by atoms with Gasteiger partial charge in [0.1, 0.15) is 11.4 Å². The van der Waals surface area contributed by atoms with Crippen LogP contribution in [0.25, 0.3) is 0 Å². The van der Waals surface area contributed by atoms with Gasteiger partial charge in [-0.15, -0.1) is 0 Å². The van der Waals surface area contributed by atoms with Crippen molar-refractivity contribution in [3.8, 4) is 5.75 Å². The molecule has 1 aliphatic carbocycles. The minimum atomic E-state index is -0.478. The third-order valence-electron chi connectivity index (χ3n) is 3.98. The molecule has 8 nitrogen and oxygen atoms in total. The van der Waals surface area contributed by atoms with E-state index in [0.717, 1.165) is 0 Å². The van der Waals surface area contributed by atoms with Gasteiger partial charge in [0, 0.05) is 18.9 Å². The normalized spacial score (nSPS) is 30.3. The Morgan fingerprint density at radius 2 is 2.19 bits per heavy atom. The Kier molecular flexibility index (Phi) is 2.41. The molecule has 1 aromatic rings. The number of pyridine rings is 1. The zero-order chi connectivity index (χ0) is 14.6. The average molecular weight is 290 g/mol. The number of ether oxygens (including phenoxy) is 2. The molecule has 0 atom stereocenters. The summed E-state index contributed by atoms with van der Waals surface area (Å²) >= 11 is 0. The minimum Gasteiger partial charge on any atom is -0.480 e. The molecule has 0 aromatic carbocycles. The van der Waals surface area contributed by atoms with Crippen molar-refractivity contribution in [3.05, 3.63) is 12.1 Å². The van der Waals surface area contributed by atoms with Crippen LogP contribution in [0.1, 0.15) is 12.8 Å². The fourth-order valence-corrected chi connectivity index (χ4v) is 3.01. The van der Waals surface area contributed by atoms with Gasteiger partial charge >= 0.3 is 6.09 Å². The van der Waals surface area contributed by atoms with Crippen molar-refractivity contribution < 1.29 is 19.1 Å². The number of anilines is 2. The maximum atomic E-state index is 12.0. The monoisotopic (exact) mass is 290 g/mol. The molecule has 1 aromatic heterocycles. The molecule has 3 aliphatic rings. The number of nitrogens with two attached hydrogens (primary N) is 1. The molecule has 0 unspecified atom stereocenters. The quantitative estimate of drug-likeness (QED) is 0.766. The fourth-order valence-electron chi connectivity index (χ4n) is 3.01. The Labute approximate surface area is 120 Å². The summed E-state index contributed by atoms with van der Waals surface area (Å²) in [7, 11) is 0. The molecule has 0 radical (unpaired) electrons. The molecule has 3 heterocycles. The zero-order valence-electron chi connectivity index (χ0n) is 11.2. The van der Waals surface area contributed by atoms with E-state index in [1.54, 1.807) is 12.1 Å². The molecule has 21 heavy (non-hydrogen) atoms. The maximum Gasteiger partial charge on any atom is 0.416 e. The van der Waals surface area contributed by atoms with Gasteiger partial charge < -0.3 is 20.5 Å². The van der Waals surface area contributed by atoms with Crippen LogP contribution in [0, 0.1) is 0 Å². The van der Waals surface area contributed by atoms with Crippen LogP contribution in [-0.4, -0.2) is 41.8 Å². The topological polar surface area (TPSA) is 107 Å². The van der Waals surface area contributed by atoms with Gasteiger partial charge in [-0.3, -0.25) is 9.69 Å². The van der Waals surface area contributed by atoms with E-state index in [4.69, 9.17) is 15.2 Å². The Morgan fingerprint density at radius 3 is 2.95 bits per heavy atom. The van der Waals surface area contributed by atoms with Gasteiger partial charge in [0.05, 0.1) is 6.54 Å². The highest BCUT2D eigenvalue weighted by Gasteiger charge is 2.53. The van der Waals surface area contributed by atoms with Crippen molar-refractivity contribution in [2.75, 3.05) is 23.4 Å². The summed E-state index contributed by atoms with van der Waals surface area (Å²) in [6, 6.07) is 3.44. The lowest BCUT2D eigenvalue weighted by Gasteiger charge is -2.40. The Hall–Kier alpha value is -2.35.